The lowest BCUT2D eigenvalue weighted by molar-refractivity contribution is -0.148. The third-order valence-corrected chi connectivity index (χ3v) is 12.2. The van der Waals surface area contributed by atoms with Gasteiger partial charge in [0.2, 0.25) is 0 Å². The highest BCUT2D eigenvalue weighted by molar-refractivity contribution is 5.69. The lowest BCUT2D eigenvalue weighted by Crippen LogP contribution is -2.31. The number of hydrogen-bond donors (Lipinski definition) is 1. The van der Waals surface area contributed by atoms with Gasteiger partial charge in [0.1, 0.15) is 18.5 Å². The third-order valence-electron chi connectivity index (χ3n) is 12.2. The SMILES string of the molecule is CCC(C)C(CC)C(CC)C(CC)C(CC)CCCCOC(=O)CCC/C=C\C[C@@H]1[C@@H](CC[C@H](COc2ccccc2)OC)[C@H](O)C[C@@H]1OC(C)=O. The van der Waals surface area contributed by atoms with Gasteiger partial charge < -0.3 is 24.1 Å². The van der Waals surface area contributed by atoms with E-state index in [0.29, 0.717) is 32.5 Å². The number of carbonyl (C=O) groups excluding carboxylic acids is 2. The molecule has 0 heterocycles. The van der Waals surface area contributed by atoms with E-state index in [4.69, 9.17) is 18.9 Å². The van der Waals surface area contributed by atoms with Gasteiger partial charge in [-0.25, -0.2) is 0 Å². The number of aliphatic hydroxyl groups excluding tert-OH is 1. The normalized spacial score (nSPS) is 22.4. The summed E-state index contributed by atoms with van der Waals surface area (Å²) < 4.78 is 22.9. The van der Waals surface area contributed by atoms with E-state index in [0.717, 1.165) is 73.9 Å². The van der Waals surface area contributed by atoms with E-state index in [1.54, 1.807) is 7.11 Å². The van der Waals surface area contributed by atoms with Gasteiger partial charge in [-0.2, -0.15) is 0 Å². The molecule has 7 nitrogen and oxygen atoms in total. The molecule has 5 unspecified atom stereocenters. The number of allylic oxidation sites excluding steroid dienone is 2. The van der Waals surface area contributed by atoms with E-state index in [9.17, 15) is 14.7 Å². The molecule has 10 atom stereocenters. The van der Waals surface area contributed by atoms with Crippen LogP contribution in [0.25, 0.3) is 0 Å². The number of methoxy groups -OCH3 is 1. The van der Waals surface area contributed by atoms with Crippen LogP contribution >= 0.6 is 0 Å². The van der Waals surface area contributed by atoms with Gasteiger partial charge in [-0.15, -0.1) is 0 Å². The van der Waals surface area contributed by atoms with Crippen molar-refractivity contribution in [3.8, 4) is 5.75 Å². The van der Waals surface area contributed by atoms with Crippen molar-refractivity contribution in [2.45, 2.75) is 163 Å². The number of hydrogen-bond acceptors (Lipinski definition) is 7. The summed E-state index contributed by atoms with van der Waals surface area (Å²) in [7, 11) is 1.69. The molecular formula is C45H76O7. The highest BCUT2D eigenvalue weighted by Gasteiger charge is 2.43. The van der Waals surface area contributed by atoms with Crippen LogP contribution in [-0.4, -0.2) is 55.7 Å². The lowest BCUT2D eigenvalue weighted by Gasteiger charge is -2.39. The third kappa shape index (κ3) is 15.9. The maximum atomic E-state index is 12.5. The highest BCUT2D eigenvalue weighted by atomic mass is 16.5. The minimum absolute atomic E-state index is 0.00935. The summed E-state index contributed by atoms with van der Waals surface area (Å²) in [6.45, 7) is 16.7. The second kappa shape index (κ2) is 26.4. The maximum Gasteiger partial charge on any atom is 0.305 e. The molecule has 0 spiro atoms. The zero-order valence-electron chi connectivity index (χ0n) is 34.2. The summed E-state index contributed by atoms with van der Waals surface area (Å²) in [6.07, 6.45) is 17.4. The highest BCUT2D eigenvalue weighted by Crippen LogP contribution is 2.42. The van der Waals surface area contributed by atoms with Gasteiger partial charge in [-0.05, 0) is 92.6 Å². The molecule has 52 heavy (non-hydrogen) atoms. The van der Waals surface area contributed by atoms with E-state index >= 15 is 0 Å². The maximum absolute atomic E-state index is 12.5. The first-order valence-corrected chi connectivity index (χ1v) is 21.0. The Morgan fingerprint density at radius 1 is 0.865 bits per heavy atom. The summed E-state index contributed by atoms with van der Waals surface area (Å²) in [4.78, 5) is 24.3. The first kappa shape index (κ1) is 45.8. The fraction of sp³-hybridized carbons (Fsp3) is 0.778. The van der Waals surface area contributed by atoms with Crippen LogP contribution in [0.1, 0.15) is 145 Å². The minimum Gasteiger partial charge on any atom is -0.491 e. The number of ether oxygens (including phenoxy) is 4. The predicted molar refractivity (Wildman–Crippen MR) is 212 cm³/mol. The van der Waals surface area contributed by atoms with Gasteiger partial charge in [0.15, 0.2) is 0 Å². The Labute approximate surface area is 318 Å². The minimum atomic E-state index is -0.540. The molecule has 0 aliphatic heterocycles. The zero-order valence-corrected chi connectivity index (χ0v) is 34.2. The Morgan fingerprint density at radius 2 is 1.58 bits per heavy atom. The molecule has 1 saturated carbocycles. The van der Waals surface area contributed by atoms with Crippen molar-refractivity contribution in [2.24, 2.45) is 41.4 Å². The number of rotatable bonds is 28. The Kier molecular flexibility index (Phi) is 23.2. The van der Waals surface area contributed by atoms with Crippen LogP contribution in [0.3, 0.4) is 0 Å². The van der Waals surface area contributed by atoms with Crippen molar-refractivity contribution in [3.63, 3.8) is 0 Å². The average Bonchev–Trinajstić information content (AvgIpc) is 3.43. The van der Waals surface area contributed by atoms with Crippen LogP contribution in [0, 0.1) is 41.4 Å². The van der Waals surface area contributed by atoms with Gasteiger partial charge in [0.25, 0.3) is 0 Å². The number of carbonyl (C=O) groups is 2. The number of aliphatic hydroxyl groups is 1. The van der Waals surface area contributed by atoms with Crippen molar-refractivity contribution in [1.29, 1.82) is 0 Å². The monoisotopic (exact) mass is 729 g/mol. The first-order chi connectivity index (χ1) is 25.1. The van der Waals surface area contributed by atoms with E-state index < -0.39 is 6.10 Å². The van der Waals surface area contributed by atoms with Gasteiger partial charge in [-0.1, -0.05) is 110 Å². The Hall–Kier alpha value is -2.38. The van der Waals surface area contributed by atoms with Crippen LogP contribution in [0.5, 0.6) is 5.75 Å². The smallest absolute Gasteiger partial charge is 0.305 e. The molecule has 0 amide bonds. The molecule has 1 aliphatic rings. The Balaban J connectivity index is 1.75. The summed E-state index contributed by atoms with van der Waals surface area (Å²) >= 11 is 0. The van der Waals surface area contributed by atoms with Crippen molar-refractivity contribution in [2.75, 3.05) is 20.3 Å². The molecule has 1 fully saturated rings. The summed E-state index contributed by atoms with van der Waals surface area (Å²) in [6, 6.07) is 9.68. The fourth-order valence-corrected chi connectivity index (χ4v) is 9.15. The number of benzene rings is 1. The molecule has 1 aromatic rings. The van der Waals surface area contributed by atoms with Gasteiger partial charge in [-0.3, -0.25) is 9.59 Å². The van der Waals surface area contributed by atoms with Gasteiger partial charge in [0, 0.05) is 32.8 Å². The average molecular weight is 729 g/mol. The first-order valence-electron chi connectivity index (χ1n) is 21.0. The van der Waals surface area contributed by atoms with Crippen LogP contribution in [0.2, 0.25) is 0 Å². The zero-order chi connectivity index (χ0) is 38.3. The molecule has 298 valence electrons. The van der Waals surface area contributed by atoms with Gasteiger partial charge >= 0.3 is 11.9 Å². The van der Waals surface area contributed by atoms with Crippen LogP contribution in [-0.2, 0) is 23.8 Å². The van der Waals surface area contributed by atoms with Crippen molar-refractivity contribution >= 4 is 11.9 Å². The largest absolute Gasteiger partial charge is 0.491 e. The van der Waals surface area contributed by atoms with Crippen molar-refractivity contribution < 1.29 is 33.6 Å². The molecule has 1 aromatic carbocycles. The van der Waals surface area contributed by atoms with Crippen LogP contribution in [0.15, 0.2) is 42.5 Å². The number of esters is 2. The van der Waals surface area contributed by atoms with Crippen LogP contribution < -0.4 is 4.74 Å². The number of para-hydroxylation sites is 1. The Morgan fingerprint density at radius 3 is 2.19 bits per heavy atom. The molecule has 0 bridgehead atoms. The Bertz CT molecular complexity index is 1110. The van der Waals surface area contributed by atoms with E-state index in [1.807, 2.05) is 30.3 Å². The van der Waals surface area contributed by atoms with E-state index in [1.165, 1.54) is 45.4 Å². The van der Waals surface area contributed by atoms with Crippen molar-refractivity contribution in [1.82, 2.24) is 0 Å². The number of unbranched alkanes of at least 4 members (excludes halogenated alkanes) is 2. The molecule has 7 heteroatoms. The second-order valence-electron chi connectivity index (χ2n) is 15.4. The fourth-order valence-electron chi connectivity index (χ4n) is 9.15. The molecule has 2 rings (SSSR count). The second-order valence-corrected chi connectivity index (χ2v) is 15.4. The molecular weight excluding hydrogens is 652 g/mol. The standard InChI is InChI=1S/C45H76O7/c1-9-33(6)38(11-3)40(13-5)39(12-4)35(10-2)23-21-22-30-50-45(48)27-20-15-14-19-26-42-41(43(47)31-44(42)52-34(7)46)29-28-37(49-8)32-51-36-24-17-16-18-25-36/h14,16-19,24-25,33,35,37-44,47H,9-13,15,20-23,26-32H2,1-8H3/b19-14-/t33?,35?,37-,38?,39?,40?,41-,42-,43-,44+/m1/s1. The lowest BCUT2D eigenvalue weighted by atomic mass is 9.66. The molecule has 1 N–H and O–H groups in total. The summed E-state index contributed by atoms with van der Waals surface area (Å²) in [5.74, 6) is 4.27. The summed E-state index contributed by atoms with van der Waals surface area (Å²) in [5, 5.41) is 11.0. The molecule has 1 aliphatic carbocycles. The molecule has 0 radical (unpaired) electrons. The van der Waals surface area contributed by atoms with Crippen molar-refractivity contribution in [3.05, 3.63) is 42.5 Å². The van der Waals surface area contributed by atoms with Crippen LogP contribution in [0.4, 0.5) is 0 Å². The molecule has 0 saturated heterocycles. The predicted octanol–water partition coefficient (Wildman–Crippen LogP) is 10.8. The van der Waals surface area contributed by atoms with Gasteiger partial charge in [0.05, 0.1) is 18.8 Å². The summed E-state index contributed by atoms with van der Waals surface area (Å²) in [5.41, 5.74) is 0. The topological polar surface area (TPSA) is 91.3 Å². The quantitative estimate of drug-likeness (QED) is 0.0522. The van der Waals surface area contributed by atoms with E-state index in [2.05, 4.69) is 53.7 Å². The molecule has 0 aromatic heterocycles. The van der Waals surface area contributed by atoms with E-state index in [-0.39, 0.29) is 36.0 Å².